The Morgan fingerprint density at radius 2 is 1.59 bits per heavy atom. The average molecular weight is 368 g/mol. The van der Waals surface area contributed by atoms with E-state index >= 15 is 0 Å². The third kappa shape index (κ3) is 4.05. The van der Waals surface area contributed by atoms with Crippen molar-refractivity contribution in [1.29, 1.82) is 0 Å². The lowest BCUT2D eigenvalue weighted by Crippen LogP contribution is -2.21. The Morgan fingerprint density at radius 3 is 2.26 bits per heavy atom. The van der Waals surface area contributed by atoms with Crippen LogP contribution in [0.2, 0.25) is 0 Å². The quantitative estimate of drug-likeness (QED) is 0.818. The number of amides is 2. The zero-order chi connectivity index (χ0) is 19.6. The fourth-order valence-corrected chi connectivity index (χ4v) is 3.04. The molecular formula is C21H24N2O4. The van der Waals surface area contributed by atoms with Gasteiger partial charge in [-0.05, 0) is 49.6 Å². The number of ether oxygens (including phenoxy) is 2. The zero-order valence-electron chi connectivity index (χ0n) is 16.0. The highest BCUT2D eigenvalue weighted by Crippen LogP contribution is 2.41. The van der Waals surface area contributed by atoms with Crippen LogP contribution in [0.1, 0.15) is 17.5 Å². The van der Waals surface area contributed by atoms with Crippen molar-refractivity contribution < 1.29 is 19.1 Å². The minimum atomic E-state index is -0.316. The summed E-state index contributed by atoms with van der Waals surface area (Å²) in [6.07, 6.45) is 0.551. The lowest BCUT2D eigenvalue weighted by Gasteiger charge is -2.11. The van der Waals surface area contributed by atoms with Crippen LogP contribution in [0.25, 0.3) is 0 Å². The van der Waals surface area contributed by atoms with Gasteiger partial charge in [-0.15, -0.1) is 0 Å². The molecule has 2 unspecified atom stereocenters. The molecule has 2 aromatic rings. The van der Waals surface area contributed by atoms with Crippen molar-refractivity contribution in [3.63, 3.8) is 0 Å². The molecule has 0 radical (unpaired) electrons. The summed E-state index contributed by atoms with van der Waals surface area (Å²) in [6.45, 7) is 3.97. The SMILES string of the molecule is COc1ccc(NC(=O)C2CC2C(=O)Nc2cccc(C)c2C)cc1OC. The minimum absolute atomic E-state index is 0.115. The summed E-state index contributed by atoms with van der Waals surface area (Å²) >= 11 is 0. The van der Waals surface area contributed by atoms with Gasteiger partial charge in [0.2, 0.25) is 11.8 Å². The fraction of sp³-hybridized carbons (Fsp3) is 0.333. The number of aryl methyl sites for hydroxylation is 1. The fourth-order valence-electron chi connectivity index (χ4n) is 3.04. The maximum absolute atomic E-state index is 12.5. The van der Waals surface area contributed by atoms with Crippen LogP contribution in [-0.2, 0) is 9.59 Å². The molecule has 27 heavy (non-hydrogen) atoms. The molecule has 1 aliphatic carbocycles. The van der Waals surface area contributed by atoms with Gasteiger partial charge in [-0.3, -0.25) is 9.59 Å². The van der Waals surface area contributed by atoms with Gasteiger partial charge in [0, 0.05) is 17.4 Å². The predicted molar refractivity (Wildman–Crippen MR) is 104 cm³/mol. The molecule has 1 fully saturated rings. The van der Waals surface area contributed by atoms with Crippen molar-refractivity contribution in [3.8, 4) is 11.5 Å². The molecule has 0 heterocycles. The number of hydrogen-bond acceptors (Lipinski definition) is 4. The second-order valence-electron chi connectivity index (χ2n) is 6.74. The number of nitrogens with one attached hydrogen (secondary N) is 2. The van der Waals surface area contributed by atoms with E-state index in [0.717, 1.165) is 16.8 Å². The molecule has 6 nitrogen and oxygen atoms in total. The Kier molecular flexibility index (Phi) is 5.35. The summed E-state index contributed by atoms with van der Waals surface area (Å²) in [7, 11) is 3.09. The van der Waals surface area contributed by atoms with Crippen LogP contribution >= 0.6 is 0 Å². The molecule has 1 aliphatic rings. The smallest absolute Gasteiger partial charge is 0.228 e. The molecule has 2 aromatic carbocycles. The second-order valence-corrected chi connectivity index (χ2v) is 6.74. The molecular weight excluding hydrogens is 344 g/mol. The van der Waals surface area contributed by atoms with E-state index in [4.69, 9.17) is 9.47 Å². The van der Waals surface area contributed by atoms with Gasteiger partial charge in [0.25, 0.3) is 0 Å². The van der Waals surface area contributed by atoms with Gasteiger partial charge >= 0.3 is 0 Å². The van der Waals surface area contributed by atoms with Crippen LogP contribution in [0.15, 0.2) is 36.4 Å². The molecule has 0 saturated heterocycles. The minimum Gasteiger partial charge on any atom is -0.493 e. The molecule has 6 heteroatoms. The Balaban J connectivity index is 1.60. The van der Waals surface area contributed by atoms with Gasteiger partial charge < -0.3 is 20.1 Å². The number of carbonyl (C=O) groups is 2. The molecule has 2 amide bonds. The van der Waals surface area contributed by atoms with Crippen molar-refractivity contribution in [3.05, 3.63) is 47.5 Å². The van der Waals surface area contributed by atoms with Gasteiger partial charge in [0.15, 0.2) is 11.5 Å². The van der Waals surface area contributed by atoms with Gasteiger partial charge in [0.1, 0.15) is 0 Å². The molecule has 142 valence electrons. The van der Waals surface area contributed by atoms with E-state index < -0.39 is 0 Å². The molecule has 0 spiro atoms. The Hall–Kier alpha value is -3.02. The van der Waals surface area contributed by atoms with Crippen molar-refractivity contribution in [2.45, 2.75) is 20.3 Å². The molecule has 2 atom stereocenters. The van der Waals surface area contributed by atoms with Crippen molar-refractivity contribution >= 4 is 23.2 Å². The number of benzene rings is 2. The number of methoxy groups -OCH3 is 2. The number of carbonyl (C=O) groups excluding carboxylic acids is 2. The predicted octanol–water partition coefficient (Wildman–Crippen LogP) is 3.53. The number of hydrogen-bond donors (Lipinski definition) is 2. The first kappa shape index (κ1) is 18.8. The summed E-state index contributed by atoms with van der Waals surface area (Å²) in [4.78, 5) is 24.9. The molecule has 0 aliphatic heterocycles. The lowest BCUT2D eigenvalue weighted by atomic mass is 10.1. The first-order valence-corrected chi connectivity index (χ1v) is 8.84. The molecule has 2 N–H and O–H groups in total. The zero-order valence-corrected chi connectivity index (χ0v) is 16.0. The standard InChI is InChI=1S/C21H24N2O4/c1-12-6-5-7-17(13(12)2)23-21(25)16-11-15(16)20(24)22-14-8-9-18(26-3)19(10-14)27-4/h5-10,15-16H,11H2,1-4H3,(H,22,24)(H,23,25). The lowest BCUT2D eigenvalue weighted by molar-refractivity contribution is -0.122. The third-order valence-electron chi connectivity index (χ3n) is 4.98. The summed E-state index contributed by atoms with van der Waals surface area (Å²) in [6, 6.07) is 11.0. The maximum Gasteiger partial charge on any atom is 0.228 e. The van der Waals surface area contributed by atoms with Crippen LogP contribution in [0.3, 0.4) is 0 Å². The summed E-state index contributed by atoms with van der Waals surface area (Å²) in [5, 5.41) is 5.78. The molecule has 3 rings (SSSR count). The highest BCUT2D eigenvalue weighted by atomic mass is 16.5. The highest BCUT2D eigenvalue weighted by molar-refractivity contribution is 6.03. The van der Waals surface area contributed by atoms with Crippen LogP contribution < -0.4 is 20.1 Å². The van der Waals surface area contributed by atoms with E-state index in [1.54, 1.807) is 25.3 Å². The van der Waals surface area contributed by atoms with Crippen LogP contribution in [-0.4, -0.2) is 26.0 Å². The van der Waals surface area contributed by atoms with Crippen LogP contribution in [0.4, 0.5) is 11.4 Å². The van der Waals surface area contributed by atoms with Crippen molar-refractivity contribution in [2.24, 2.45) is 11.8 Å². The van der Waals surface area contributed by atoms with Gasteiger partial charge in [-0.25, -0.2) is 0 Å². The van der Waals surface area contributed by atoms with Crippen LogP contribution in [0, 0.1) is 25.7 Å². The Bertz CT molecular complexity index is 878. The van der Waals surface area contributed by atoms with E-state index in [1.807, 2.05) is 32.0 Å². The normalized spacial score (nSPS) is 17.8. The van der Waals surface area contributed by atoms with Crippen molar-refractivity contribution in [1.82, 2.24) is 0 Å². The monoisotopic (exact) mass is 368 g/mol. The Morgan fingerprint density at radius 1 is 0.926 bits per heavy atom. The van der Waals surface area contributed by atoms with Gasteiger partial charge in [-0.2, -0.15) is 0 Å². The molecule has 1 saturated carbocycles. The topological polar surface area (TPSA) is 76.7 Å². The number of anilines is 2. The van der Waals surface area contributed by atoms with Gasteiger partial charge in [0.05, 0.1) is 26.1 Å². The number of rotatable bonds is 6. The average Bonchev–Trinajstić information content (AvgIpc) is 3.46. The molecule has 0 aromatic heterocycles. The van der Waals surface area contributed by atoms with E-state index in [0.29, 0.717) is 23.6 Å². The summed E-state index contributed by atoms with van der Waals surface area (Å²) < 4.78 is 10.4. The van der Waals surface area contributed by atoms with Crippen molar-refractivity contribution in [2.75, 3.05) is 24.9 Å². The van der Waals surface area contributed by atoms with Gasteiger partial charge in [-0.1, -0.05) is 12.1 Å². The largest absolute Gasteiger partial charge is 0.493 e. The first-order chi connectivity index (χ1) is 12.9. The van der Waals surface area contributed by atoms with Crippen LogP contribution in [0.5, 0.6) is 11.5 Å². The second kappa shape index (κ2) is 7.70. The maximum atomic E-state index is 12.5. The highest BCUT2D eigenvalue weighted by Gasteiger charge is 2.48. The van der Waals surface area contributed by atoms with E-state index in [1.165, 1.54) is 7.11 Å². The molecule has 0 bridgehead atoms. The van der Waals surface area contributed by atoms with E-state index in [9.17, 15) is 9.59 Å². The van der Waals surface area contributed by atoms with E-state index in [2.05, 4.69) is 10.6 Å². The third-order valence-corrected chi connectivity index (χ3v) is 4.98. The van der Waals surface area contributed by atoms with E-state index in [-0.39, 0.29) is 23.7 Å². The Labute approximate surface area is 158 Å². The summed E-state index contributed by atoms with van der Waals surface area (Å²) in [5.41, 5.74) is 3.56. The summed E-state index contributed by atoms with van der Waals surface area (Å²) in [5.74, 6) is 0.232. The first-order valence-electron chi connectivity index (χ1n) is 8.84.